The first-order valence-electron chi connectivity index (χ1n) is 11.3. The van der Waals surface area contributed by atoms with Gasteiger partial charge in [0.2, 0.25) is 5.76 Å². The van der Waals surface area contributed by atoms with Crippen LogP contribution in [-0.4, -0.2) is 38.0 Å². The SMILES string of the molecule is CC.CC.CCOc1ccc(B2OC(C)(C)C(C)(C)O2)cc1.COC(=O)c1ccc(C)o1. The zero-order valence-electron chi connectivity index (χ0n) is 21.7. The molecule has 0 unspecified atom stereocenters. The van der Waals surface area contributed by atoms with Crippen molar-refractivity contribution < 1.29 is 28.0 Å². The normalized spacial score (nSPS) is 15.2. The number of furan rings is 1. The van der Waals surface area contributed by atoms with E-state index in [1.54, 1.807) is 19.1 Å². The van der Waals surface area contributed by atoms with Crippen LogP contribution in [0, 0.1) is 6.92 Å². The van der Waals surface area contributed by atoms with Gasteiger partial charge in [0, 0.05) is 0 Å². The zero-order valence-corrected chi connectivity index (χ0v) is 21.7. The molecule has 1 saturated heterocycles. The van der Waals surface area contributed by atoms with Gasteiger partial charge in [-0.15, -0.1) is 0 Å². The lowest BCUT2D eigenvalue weighted by molar-refractivity contribution is 0.00578. The lowest BCUT2D eigenvalue weighted by atomic mass is 9.79. The Morgan fingerprint density at radius 2 is 1.41 bits per heavy atom. The molecule has 2 aromatic rings. The van der Waals surface area contributed by atoms with Gasteiger partial charge in [-0.1, -0.05) is 39.8 Å². The molecule has 7 heteroatoms. The maximum atomic E-state index is 10.7. The second-order valence-corrected chi connectivity index (χ2v) is 7.49. The smallest absolute Gasteiger partial charge is 0.494 e. The highest BCUT2D eigenvalue weighted by atomic mass is 16.7. The van der Waals surface area contributed by atoms with Gasteiger partial charge in [0.1, 0.15) is 11.5 Å². The molecule has 0 N–H and O–H groups in total. The molecule has 3 rings (SSSR count). The van der Waals surface area contributed by atoms with Gasteiger partial charge in [-0.2, -0.15) is 0 Å². The van der Waals surface area contributed by atoms with Crippen LogP contribution in [0.2, 0.25) is 0 Å². The molecular formula is C25H41BO6. The standard InChI is InChI=1S/C14H21BO3.C7H8O3.2C2H6/c1-6-16-12-9-7-11(8-10-12)15-17-13(2,3)14(4,5)18-15;1-5-3-4-6(10-5)7(8)9-2;2*1-2/h7-10H,6H2,1-5H3;3-4H,1-2H3;2*1-2H3. The molecule has 1 aliphatic rings. The largest absolute Gasteiger partial charge is 0.494 e. The molecule has 0 atom stereocenters. The van der Waals surface area contributed by atoms with Crippen LogP contribution in [0.4, 0.5) is 0 Å². The first-order chi connectivity index (χ1) is 15.1. The maximum absolute atomic E-state index is 10.7. The number of benzene rings is 1. The summed E-state index contributed by atoms with van der Waals surface area (Å²) >= 11 is 0. The second-order valence-electron chi connectivity index (χ2n) is 7.49. The van der Waals surface area contributed by atoms with Crippen molar-refractivity contribution in [3.05, 3.63) is 47.9 Å². The minimum atomic E-state index is -0.437. The number of ether oxygens (including phenoxy) is 2. The molecule has 1 aromatic heterocycles. The summed E-state index contributed by atoms with van der Waals surface area (Å²) in [6.45, 7) is 20.6. The molecule has 0 amide bonds. The minimum Gasteiger partial charge on any atom is -0.494 e. The van der Waals surface area contributed by atoms with E-state index in [1.807, 2.05) is 58.9 Å². The van der Waals surface area contributed by atoms with Crippen LogP contribution in [0.5, 0.6) is 5.75 Å². The molecule has 0 bridgehead atoms. The molecule has 6 nitrogen and oxygen atoms in total. The zero-order chi connectivity index (χ0) is 24.9. The summed E-state index contributed by atoms with van der Waals surface area (Å²) in [6.07, 6.45) is 0. The Morgan fingerprint density at radius 3 is 1.78 bits per heavy atom. The number of aryl methyl sites for hydroxylation is 1. The third kappa shape index (κ3) is 8.36. The van der Waals surface area contributed by atoms with E-state index in [2.05, 4.69) is 32.4 Å². The Balaban J connectivity index is 0.000000582. The van der Waals surface area contributed by atoms with E-state index in [0.29, 0.717) is 12.4 Å². The predicted octanol–water partition coefficient (Wildman–Crippen LogP) is 5.81. The Labute approximate surface area is 194 Å². The van der Waals surface area contributed by atoms with E-state index in [4.69, 9.17) is 18.5 Å². The van der Waals surface area contributed by atoms with E-state index in [0.717, 1.165) is 11.2 Å². The molecule has 2 heterocycles. The number of esters is 1. The summed E-state index contributed by atoms with van der Waals surface area (Å²) in [6, 6.07) is 11.2. The summed E-state index contributed by atoms with van der Waals surface area (Å²) in [7, 11) is 1.02. The number of methoxy groups -OCH3 is 1. The van der Waals surface area contributed by atoms with Gasteiger partial charge in [-0.05, 0) is 71.3 Å². The van der Waals surface area contributed by atoms with Crippen LogP contribution in [0.25, 0.3) is 0 Å². The molecule has 0 spiro atoms. The monoisotopic (exact) mass is 448 g/mol. The number of hydrogen-bond acceptors (Lipinski definition) is 6. The first kappa shape index (κ1) is 29.8. The molecular weight excluding hydrogens is 407 g/mol. The highest BCUT2D eigenvalue weighted by Gasteiger charge is 2.51. The quantitative estimate of drug-likeness (QED) is 0.434. The molecule has 0 saturated carbocycles. The van der Waals surface area contributed by atoms with Gasteiger partial charge in [0.05, 0.1) is 24.9 Å². The fraction of sp³-hybridized carbons (Fsp3) is 0.560. The molecule has 0 radical (unpaired) electrons. The molecule has 1 aliphatic heterocycles. The van der Waals surface area contributed by atoms with Crippen molar-refractivity contribution >= 4 is 18.6 Å². The molecule has 180 valence electrons. The van der Waals surface area contributed by atoms with Crippen LogP contribution in [0.15, 0.2) is 40.8 Å². The third-order valence-corrected chi connectivity index (χ3v) is 4.84. The second kappa shape index (κ2) is 14.0. The Kier molecular flexibility index (Phi) is 13.0. The third-order valence-electron chi connectivity index (χ3n) is 4.84. The molecule has 1 fully saturated rings. The average Bonchev–Trinajstić information content (AvgIpc) is 3.31. The van der Waals surface area contributed by atoms with Crippen LogP contribution in [0.1, 0.15) is 78.6 Å². The van der Waals surface area contributed by atoms with Gasteiger partial charge in [-0.25, -0.2) is 4.79 Å². The topological polar surface area (TPSA) is 67.1 Å². The first-order valence-corrected chi connectivity index (χ1v) is 11.3. The van der Waals surface area contributed by atoms with Crippen molar-refractivity contribution in [2.24, 2.45) is 0 Å². The van der Waals surface area contributed by atoms with Crippen LogP contribution in [-0.2, 0) is 14.0 Å². The van der Waals surface area contributed by atoms with E-state index in [-0.39, 0.29) is 24.1 Å². The Bertz CT molecular complexity index is 764. The lowest BCUT2D eigenvalue weighted by Crippen LogP contribution is -2.41. The fourth-order valence-electron chi connectivity index (χ4n) is 2.51. The highest BCUT2D eigenvalue weighted by molar-refractivity contribution is 6.62. The molecule has 1 aromatic carbocycles. The summed E-state index contributed by atoms with van der Waals surface area (Å²) in [5.41, 5.74) is 0.434. The maximum Gasteiger partial charge on any atom is 0.494 e. The summed E-state index contributed by atoms with van der Waals surface area (Å²) in [5.74, 6) is 1.39. The number of carbonyl (C=O) groups is 1. The van der Waals surface area contributed by atoms with Gasteiger partial charge >= 0.3 is 13.1 Å². The molecule has 0 aliphatic carbocycles. The Morgan fingerprint density at radius 1 is 0.906 bits per heavy atom. The highest BCUT2D eigenvalue weighted by Crippen LogP contribution is 2.36. The lowest BCUT2D eigenvalue weighted by Gasteiger charge is -2.32. The van der Waals surface area contributed by atoms with Gasteiger partial charge in [0.15, 0.2) is 0 Å². The van der Waals surface area contributed by atoms with Crippen LogP contribution in [0.3, 0.4) is 0 Å². The number of rotatable bonds is 4. The average molecular weight is 448 g/mol. The van der Waals surface area contributed by atoms with Gasteiger partial charge < -0.3 is 23.2 Å². The van der Waals surface area contributed by atoms with Crippen LogP contribution < -0.4 is 10.2 Å². The summed E-state index contributed by atoms with van der Waals surface area (Å²) in [4.78, 5) is 10.7. The van der Waals surface area contributed by atoms with Gasteiger partial charge in [0.25, 0.3) is 0 Å². The number of carbonyl (C=O) groups excluding carboxylic acids is 1. The minimum absolute atomic E-state index is 0.250. The summed E-state index contributed by atoms with van der Waals surface area (Å²) < 4.78 is 26.8. The number of hydrogen-bond donors (Lipinski definition) is 0. The van der Waals surface area contributed by atoms with E-state index < -0.39 is 5.97 Å². The Hall–Kier alpha value is -2.25. The van der Waals surface area contributed by atoms with Gasteiger partial charge in [-0.3, -0.25) is 0 Å². The van der Waals surface area contributed by atoms with Crippen molar-refractivity contribution in [1.29, 1.82) is 0 Å². The van der Waals surface area contributed by atoms with Crippen molar-refractivity contribution in [2.45, 2.75) is 80.4 Å². The van der Waals surface area contributed by atoms with Crippen molar-refractivity contribution in [3.8, 4) is 5.75 Å². The van der Waals surface area contributed by atoms with Crippen molar-refractivity contribution in [2.75, 3.05) is 13.7 Å². The fourth-order valence-corrected chi connectivity index (χ4v) is 2.51. The predicted molar refractivity (Wildman–Crippen MR) is 131 cm³/mol. The summed E-state index contributed by atoms with van der Waals surface area (Å²) in [5, 5.41) is 0. The van der Waals surface area contributed by atoms with Crippen molar-refractivity contribution in [1.82, 2.24) is 0 Å². The van der Waals surface area contributed by atoms with E-state index in [9.17, 15) is 4.79 Å². The molecule has 32 heavy (non-hydrogen) atoms. The van der Waals surface area contributed by atoms with Crippen LogP contribution >= 0.6 is 0 Å². The van der Waals surface area contributed by atoms with E-state index >= 15 is 0 Å². The van der Waals surface area contributed by atoms with E-state index in [1.165, 1.54) is 7.11 Å². The van der Waals surface area contributed by atoms with Crippen molar-refractivity contribution in [3.63, 3.8) is 0 Å².